The maximum absolute atomic E-state index is 3.44. The first kappa shape index (κ1) is 30.3. The summed E-state index contributed by atoms with van der Waals surface area (Å²) in [7, 11) is 0. The van der Waals surface area contributed by atoms with E-state index in [1.54, 1.807) is 0 Å². The maximum atomic E-state index is 3.44. The lowest BCUT2D eigenvalue weighted by molar-refractivity contribution is 0.590. The molecule has 0 aliphatic rings. The molecule has 1 heterocycles. The van der Waals surface area contributed by atoms with Crippen LogP contribution in [0.25, 0.3) is 21.8 Å². The zero-order valence-electron chi connectivity index (χ0n) is 27.1. The van der Waals surface area contributed by atoms with Gasteiger partial charge < -0.3 is 4.57 Å². The van der Waals surface area contributed by atoms with Crippen LogP contribution in [0.2, 0.25) is 0 Å². The molecule has 218 valence electrons. The van der Waals surface area contributed by atoms with Crippen LogP contribution < -0.4 is 0 Å². The number of aromatic nitrogens is 1. The minimum atomic E-state index is 0.144. The van der Waals surface area contributed by atoms with Gasteiger partial charge >= 0.3 is 0 Å². The summed E-state index contributed by atoms with van der Waals surface area (Å²) in [5.74, 6) is 13.7. The van der Waals surface area contributed by atoms with Gasteiger partial charge in [-0.05, 0) is 76.9 Å². The molecule has 0 spiro atoms. The number of fused-ring (bicyclic) bond motifs is 3. The lowest BCUT2D eigenvalue weighted by Gasteiger charge is -2.18. The van der Waals surface area contributed by atoms with Crippen LogP contribution in [0.4, 0.5) is 0 Å². The molecule has 0 radical (unpaired) electrons. The summed E-state index contributed by atoms with van der Waals surface area (Å²) in [4.78, 5) is 0. The Balaban J connectivity index is 1.50. The third-order valence-corrected chi connectivity index (χ3v) is 8.31. The second-order valence-electron chi connectivity index (χ2n) is 13.8. The van der Waals surface area contributed by atoms with Gasteiger partial charge in [0.25, 0.3) is 0 Å². The molecule has 5 rings (SSSR count). The van der Waals surface area contributed by atoms with Gasteiger partial charge in [-0.3, -0.25) is 0 Å². The molecule has 0 aliphatic carbocycles. The van der Waals surface area contributed by atoms with Gasteiger partial charge in [-0.2, -0.15) is 0 Å². The Kier molecular flexibility index (Phi) is 8.85. The van der Waals surface area contributed by atoms with Gasteiger partial charge in [-0.1, -0.05) is 128 Å². The van der Waals surface area contributed by atoms with Crippen molar-refractivity contribution in [3.05, 3.63) is 118 Å². The molecule has 0 amide bonds. The minimum absolute atomic E-state index is 0.144. The smallest absolute Gasteiger partial charge is 0.0503 e. The fourth-order valence-corrected chi connectivity index (χ4v) is 5.58. The number of benzene rings is 4. The predicted octanol–water partition coefficient (Wildman–Crippen LogP) is 10.8. The Hall–Kier alpha value is -4.20. The number of aryl methyl sites for hydroxylation is 1. The van der Waals surface area contributed by atoms with E-state index in [0.29, 0.717) is 0 Å². The van der Waals surface area contributed by atoms with E-state index in [1.165, 1.54) is 58.6 Å². The molecule has 0 saturated heterocycles. The van der Waals surface area contributed by atoms with E-state index in [-0.39, 0.29) is 10.8 Å². The molecule has 1 aromatic heterocycles. The summed E-state index contributed by atoms with van der Waals surface area (Å²) in [5.41, 5.74) is 9.63. The number of rotatable bonds is 5. The molecule has 0 N–H and O–H groups in total. The van der Waals surface area contributed by atoms with Gasteiger partial charge in [0.15, 0.2) is 0 Å². The van der Waals surface area contributed by atoms with Crippen molar-refractivity contribution >= 4 is 21.8 Å². The van der Waals surface area contributed by atoms with Crippen molar-refractivity contribution < 1.29 is 0 Å². The Labute approximate surface area is 259 Å². The van der Waals surface area contributed by atoms with Crippen molar-refractivity contribution in [2.45, 2.75) is 91.5 Å². The lowest BCUT2D eigenvalue weighted by Crippen LogP contribution is -2.10. The first-order valence-electron chi connectivity index (χ1n) is 15.8. The number of nitrogens with zero attached hydrogens (tertiary/aromatic N) is 1. The second kappa shape index (κ2) is 12.6. The molecule has 0 atom stereocenters. The summed E-state index contributed by atoms with van der Waals surface area (Å²) in [6.07, 6.45) is 4.91. The van der Waals surface area contributed by atoms with E-state index in [9.17, 15) is 0 Å². The van der Waals surface area contributed by atoms with Crippen LogP contribution in [0.15, 0.2) is 84.9 Å². The standard InChI is InChI=1S/C42H45N/c1-8-9-10-11-28-43-39-29-33(14-12-31-16-22-35(23-17-31)41(2,3)4)20-26-37(39)38-27-21-34(30-40(38)43)15-13-32-18-24-36(25-19-32)42(5,6)7/h16-27,29-30H,8-11,28H2,1-7H3. The number of unbranched alkanes of at least 4 members (excludes halogenated alkanes) is 3. The second-order valence-corrected chi connectivity index (χ2v) is 13.8. The van der Waals surface area contributed by atoms with Crippen LogP contribution in [0.1, 0.15) is 108 Å². The van der Waals surface area contributed by atoms with Gasteiger partial charge in [0.05, 0.1) is 11.0 Å². The zero-order valence-corrected chi connectivity index (χ0v) is 27.1. The normalized spacial score (nSPS) is 11.7. The Morgan fingerprint density at radius 1 is 0.488 bits per heavy atom. The van der Waals surface area contributed by atoms with E-state index >= 15 is 0 Å². The quantitative estimate of drug-likeness (QED) is 0.148. The van der Waals surface area contributed by atoms with Crippen LogP contribution in [0, 0.1) is 23.7 Å². The third-order valence-electron chi connectivity index (χ3n) is 8.31. The van der Waals surface area contributed by atoms with Gasteiger partial charge in [0.2, 0.25) is 0 Å². The van der Waals surface area contributed by atoms with Gasteiger partial charge in [0.1, 0.15) is 0 Å². The van der Waals surface area contributed by atoms with Gasteiger partial charge in [-0.15, -0.1) is 0 Å². The largest absolute Gasteiger partial charge is 0.340 e. The average molecular weight is 564 g/mol. The van der Waals surface area contributed by atoms with Crippen molar-refractivity contribution in [2.75, 3.05) is 0 Å². The van der Waals surface area contributed by atoms with Crippen LogP contribution in [0.5, 0.6) is 0 Å². The number of hydrogen-bond donors (Lipinski definition) is 0. The fraction of sp³-hybridized carbons (Fsp3) is 0.333. The SMILES string of the molecule is CCCCCCn1c2cc(C#Cc3ccc(C(C)(C)C)cc3)ccc2c2ccc(C#Cc3ccc(C(C)(C)C)cc3)cc21. The lowest BCUT2D eigenvalue weighted by atomic mass is 9.87. The number of hydrogen-bond acceptors (Lipinski definition) is 0. The summed E-state index contributed by atoms with van der Waals surface area (Å²) in [6.45, 7) is 16.7. The molecule has 43 heavy (non-hydrogen) atoms. The highest BCUT2D eigenvalue weighted by molar-refractivity contribution is 6.08. The summed E-state index contributed by atoms with van der Waals surface area (Å²) in [6, 6.07) is 30.7. The van der Waals surface area contributed by atoms with Crippen LogP contribution in [-0.2, 0) is 17.4 Å². The van der Waals surface area contributed by atoms with Gasteiger partial charge in [-0.25, -0.2) is 0 Å². The Bertz CT molecular complexity index is 1710. The molecule has 0 aliphatic heterocycles. The monoisotopic (exact) mass is 563 g/mol. The summed E-state index contributed by atoms with van der Waals surface area (Å²) < 4.78 is 2.49. The topological polar surface area (TPSA) is 4.93 Å². The van der Waals surface area contributed by atoms with E-state index < -0.39 is 0 Å². The van der Waals surface area contributed by atoms with Crippen molar-refractivity contribution in [1.29, 1.82) is 0 Å². The minimum Gasteiger partial charge on any atom is -0.340 e. The molecule has 1 nitrogen and oxygen atoms in total. The van der Waals surface area contributed by atoms with Crippen molar-refractivity contribution in [2.24, 2.45) is 0 Å². The molecular weight excluding hydrogens is 518 g/mol. The summed E-state index contributed by atoms with van der Waals surface area (Å²) >= 11 is 0. The van der Waals surface area contributed by atoms with Crippen LogP contribution in [-0.4, -0.2) is 4.57 Å². The highest BCUT2D eigenvalue weighted by Gasteiger charge is 2.14. The average Bonchev–Trinajstić information content (AvgIpc) is 3.28. The molecule has 0 unspecified atom stereocenters. The van der Waals surface area contributed by atoms with Crippen LogP contribution in [0.3, 0.4) is 0 Å². The van der Waals surface area contributed by atoms with Crippen molar-refractivity contribution in [1.82, 2.24) is 4.57 Å². The van der Waals surface area contributed by atoms with E-state index in [0.717, 1.165) is 28.8 Å². The highest BCUT2D eigenvalue weighted by Crippen LogP contribution is 2.31. The van der Waals surface area contributed by atoms with Crippen molar-refractivity contribution in [3.8, 4) is 23.7 Å². The molecule has 0 bridgehead atoms. The van der Waals surface area contributed by atoms with Crippen LogP contribution >= 0.6 is 0 Å². The fourth-order valence-electron chi connectivity index (χ4n) is 5.58. The Morgan fingerprint density at radius 2 is 0.884 bits per heavy atom. The van der Waals surface area contributed by atoms with E-state index in [4.69, 9.17) is 0 Å². The molecule has 4 aromatic carbocycles. The molecule has 1 heteroatoms. The van der Waals surface area contributed by atoms with Crippen molar-refractivity contribution in [3.63, 3.8) is 0 Å². The maximum Gasteiger partial charge on any atom is 0.0503 e. The zero-order chi connectivity index (χ0) is 30.6. The highest BCUT2D eigenvalue weighted by atomic mass is 15.0. The Morgan fingerprint density at radius 3 is 1.28 bits per heavy atom. The first-order valence-corrected chi connectivity index (χ1v) is 15.8. The molecule has 5 aromatic rings. The molecular formula is C42H45N. The predicted molar refractivity (Wildman–Crippen MR) is 186 cm³/mol. The molecule has 0 fully saturated rings. The van der Waals surface area contributed by atoms with Gasteiger partial charge in [0, 0.05) is 39.6 Å². The third kappa shape index (κ3) is 7.24. The summed E-state index contributed by atoms with van der Waals surface area (Å²) in [5, 5.41) is 2.56. The first-order chi connectivity index (χ1) is 20.5. The van der Waals surface area contributed by atoms with E-state index in [2.05, 4.69) is 162 Å². The molecule has 0 saturated carbocycles. The van der Waals surface area contributed by atoms with E-state index in [1.807, 2.05) is 0 Å².